The number of hydrogen-bond acceptors (Lipinski definition) is 2. The third-order valence-electron chi connectivity index (χ3n) is 2.43. The second kappa shape index (κ2) is 4.97. The van der Waals surface area contributed by atoms with E-state index >= 15 is 0 Å². The molecule has 0 aromatic heterocycles. The van der Waals surface area contributed by atoms with E-state index in [0.29, 0.717) is 11.5 Å². The van der Waals surface area contributed by atoms with Crippen molar-refractivity contribution in [1.82, 2.24) is 0 Å². The quantitative estimate of drug-likeness (QED) is 0.875. The van der Waals surface area contributed by atoms with Crippen molar-refractivity contribution in [3.05, 3.63) is 59.9 Å². The average molecular weight is 231 g/mol. The summed E-state index contributed by atoms with van der Waals surface area (Å²) in [4.78, 5) is 0. The Balaban J connectivity index is 2.30. The molecule has 2 nitrogen and oxygen atoms in total. The van der Waals surface area contributed by atoms with Crippen LogP contribution in [0.2, 0.25) is 0 Å². The van der Waals surface area contributed by atoms with Crippen molar-refractivity contribution in [3.8, 4) is 11.5 Å². The SMILES string of the molecule is CC(N)c1ccccc1Oc1cccc(F)c1. The molecule has 88 valence electrons. The summed E-state index contributed by atoms with van der Waals surface area (Å²) in [6.45, 7) is 1.88. The first-order chi connectivity index (χ1) is 8.16. The summed E-state index contributed by atoms with van der Waals surface area (Å²) in [6.07, 6.45) is 0. The Morgan fingerprint density at radius 2 is 1.88 bits per heavy atom. The number of para-hydroxylation sites is 1. The first-order valence-corrected chi connectivity index (χ1v) is 5.45. The summed E-state index contributed by atoms with van der Waals surface area (Å²) in [7, 11) is 0. The van der Waals surface area contributed by atoms with E-state index in [1.54, 1.807) is 12.1 Å². The minimum Gasteiger partial charge on any atom is -0.457 e. The molecule has 0 amide bonds. The standard InChI is InChI=1S/C14H14FNO/c1-10(16)13-7-2-3-8-14(13)17-12-6-4-5-11(15)9-12/h2-10H,16H2,1H3. The molecule has 2 aromatic carbocycles. The fourth-order valence-corrected chi connectivity index (χ4v) is 1.61. The van der Waals surface area contributed by atoms with E-state index in [9.17, 15) is 4.39 Å². The van der Waals surface area contributed by atoms with E-state index in [0.717, 1.165) is 5.56 Å². The number of ether oxygens (including phenoxy) is 1. The van der Waals surface area contributed by atoms with Crippen molar-refractivity contribution < 1.29 is 9.13 Å². The van der Waals surface area contributed by atoms with E-state index in [4.69, 9.17) is 10.5 Å². The summed E-state index contributed by atoms with van der Waals surface area (Å²) >= 11 is 0. The molecule has 3 heteroatoms. The molecule has 0 heterocycles. The molecule has 2 N–H and O–H groups in total. The molecule has 1 atom stereocenters. The highest BCUT2D eigenvalue weighted by molar-refractivity contribution is 5.39. The smallest absolute Gasteiger partial charge is 0.132 e. The largest absolute Gasteiger partial charge is 0.457 e. The highest BCUT2D eigenvalue weighted by Gasteiger charge is 2.08. The lowest BCUT2D eigenvalue weighted by Gasteiger charge is -2.13. The molecule has 2 rings (SSSR count). The average Bonchev–Trinajstić information content (AvgIpc) is 2.29. The summed E-state index contributed by atoms with van der Waals surface area (Å²) in [6, 6.07) is 13.4. The zero-order chi connectivity index (χ0) is 12.3. The van der Waals surface area contributed by atoms with Crippen molar-refractivity contribution >= 4 is 0 Å². The van der Waals surface area contributed by atoms with Crippen LogP contribution >= 0.6 is 0 Å². The maximum Gasteiger partial charge on any atom is 0.132 e. The van der Waals surface area contributed by atoms with Gasteiger partial charge in [-0.1, -0.05) is 24.3 Å². The van der Waals surface area contributed by atoms with E-state index in [-0.39, 0.29) is 11.9 Å². The fraction of sp³-hybridized carbons (Fsp3) is 0.143. The van der Waals surface area contributed by atoms with Gasteiger partial charge in [0.25, 0.3) is 0 Å². The van der Waals surface area contributed by atoms with Crippen LogP contribution in [0.25, 0.3) is 0 Å². The third kappa shape index (κ3) is 2.82. The van der Waals surface area contributed by atoms with Crippen molar-refractivity contribution in [2.75, 3.05) is 0 Å². The Bertz CT molecular complexity index is 511. The van der Waals surface area contributed by atoms with Gasteiger partial charge in [-0.05, 0) is 25.1 Å². The van der Waals surface area contributed by atoms with Gasteiger partial charge in [-0.2, -0.15) is 0 Å². The lowest BCUT2D eigenvalue weighted by Crippen LogP contribution is -2.06. The fourth-order valence-electron chi connectivity index (χ4n) is 1.61. The van der Waals surface area contributed by atoms with Gasteiger partial charge in [0.1, 0.15) is 17.3 Å². The lowest BCUT2D eigenvalue weighted by atomic mass is 10.1. The summed E-state index contributed by atoms with van der Waals surface area (Å²) < 4.78 is 18.7. The van der Waals surface area contributed by atoms with Gasteiger partial charge in [0.15, 0.2) is 0 Å². The predicted octanol–water partition coefficient (Wildman–Crippen LogP) is 3.64. The van der Waals surface area contributed by atoms with Crippen LogP contribution in [-0.2, 0) is 0 Å². The van der Waals surface area contributed by atoms with Crippen LogP contribution in [0.15, 0.2) is 48.5 Å². The second-order valence-corrected chi connectivity index (χ2v) is 3.89. The normalized spacial score (nSPS) is 12.2. The van der Waals surface area contributed by atoms with Crippen LogP contribution in [0.5, 0.6) is 11.5 Å². The van der Waals surface area contributed by atoms with E-state index in [1.165, 1.54) is 12.1 Å². The number of benzene rings is 2. The Morgan fingerprint density at radius 3 is 2.59 bits per heavy atom. The van der Waals surface area contributed by atoms with Gasteiger partial charge in [-0.25, -0.2) is 4.39 Å². The molecule has 0 aliphatic heterocycles. The molecule has 0 radical (unpaired) electrons. The highest BCUT2D eigenvalue weighted by atomic mass is 19.1. The zero-order valence-corrected chi connectivity index (χ0v) is 9.56. The Morgan fingerprint density at radius 1 is 1.12 bits per heavy atom. The van der Waals surface area contributed by atoms with Gasteiger partial charge in [0.2, 0.25) is 0 Å². The zero-order valence-electron chi connectivity index (χ0n) is 9.56. The number of hydrogen-bond donors (Lipinski definition) is 1. The van der Waals surface area contributed by atoms with Crippen molar-refractivity contribution in [1.29, 1.82) is 0 Å². The molecule has 0 spiro atoms. The van der Waals surface area contributed by atoms with Crippen LogP contribution in [0, 0.1) is 5.82 Å². The monoisotopic (exact) mass is 231 g/mol. The van der Waals surface area contributed by atoms with Crippen LogP contribution < -0.4 is 10.5 Å². The molecular weight excluding hydrogens is 217 g/mol. The second-order valence-electron chi connectivity index (χ2n) is 3.89. The topological polar surface area (TPSA) is 35.2 Å². The third-order valence-corrected chi connectivity index (χ3v) is 2.43. The van der Waals surface area contributed by atoms with Gasteiger partial charge in [0, 0.05) is 17.7 Å². The van der Waals surface area contributed by atoms with Gasteiger partial charge in [-0.15, -0.1) is 0 Å². The van der Waals surface area contributed by atoms with E-state index in [2.05, 4.69) is 0 Å². The minimum atomic E-state index is -0.319. The van der Waals surface area contributed by atoms with E-state index < -0.39 is 0 Å². The highest BCUT2D eigenvalue weighted by Crippen LogP contribution is 2.28. The number of nitrogens with two attached hydrogens (primary N) is 1. The molecule has 0 aliphatic rings. The van der Waals surface area contributed by atoms with Crippen molar-refractivity contribution in [3.63, 3.8) is 0 Å². The molecule has 0 saturated carbocycles. The summed E-state index contributed by atoms with van der Waals surface area (Å²) in [5.74, 6) is 0.812. The maximum absolute atomic E-state index is 13.0. The van der Waals surface area contributed by atoms with Crippen LogP contribution in [0.3, 0.4) is 0 Å². The Labute approximate surface area is 99.8 Å². The summed E-state index contributed by atoms with van der Waals surface area (Å²) in [5.41, 5.74) is 6.74. The Kier molecular flexibility index (Phi) is 3.40. The molecule has 17 heavy (non-hydrogen) atoms. The molecular formula is C14H14FNO. The van der Waals surface area contributed by atoms with Crippen LogP contribution in [0.4, 0.5) is 4.39 Å². The lowest BCUT2D eigenvalue weighted by molar-refractivity contribution is 0.467. The maximum atomic E-state index is 13.0. The van der Waals surface area contributed by atoms with Gasteiger partial charge >= 0.3 is 0 Å². The predicted molar refractivity (Wildman–Crippen MR) is 65.5 cm³/mol. The van der Waals surface area contributed by atoms with E-state index in [1.807, 2.05) is 31.2 Å². The van der Waals surface area contributed by atoms with Crippen molar-refractivity contribution in [2.45, 2.75) is 13.0 Å². The first-order valence-electron chi connectivity index (χ1n) is 5.45. The van der Waals surface area contributed by atoms with Gasteiger partial charge < -0.3 is 10.5 Å². The number of rotatable bonds is 3. The van der Waals surface area contributed by atoms with Crippen LogP contribution in [-0.4, -0.2) is 0 Å². The molecule has 2 aromatic rings. The van der Waals surface area contributed by atoms with Gasteiger partial charge in [-0.3, -0.25) is 0 Å². The van der Waals surface area contributed by atoms with Crippen molar-refractivity contribution in [2.24, 2.45) is 5.73 Å². The minimum absolute atomic E-state index is 0.125. The first kappa shape index (κ1) is 11.6. The molecule has 0 saturated heterocycles. The number of halogens is 1. The summed E-state index contributed by atoms with van der Waals surface area (Å²) in [5, 5.41) is 0. The molecule has 0 bridgehead atoms. The molecule has 0 fully saturated rings. The van der Waals surface area contributed by atoms with Gasteiger partial charge in [0.05, 0.1) is 0 Å². The van der Waals surface area contributed by atoms with Crippen LogP contribution in [0.1, 0.15) is 18.5 Å². The Hall–Kier alpha value is -1.87. The molecule has 0 aliphatic carbocycles. The molecule has 1 unspecified atom stereocenters.